The average Bonchev–Trinajstić information content (AvgIpc) is 2.38. The van der Waals surface area contributed by atoms with Gasteiger partial charge in [0, 0.05) is 22.0 Å². The summed E-state index contributed by atoms with van der Waals surface area (Å²) in [5.74, 6) is 0.390. The number of nitrogen functional groups attached to an aromatic ring is 1. The van der Waals surface area contributed by atoms with Crippen molar-refractivity contribution < 1.29 is 4.39 Å². The molecule has 0 saturated carbocycles. The van der Waals surface area contributed by atoms with Gasteiger partial charge in [-0.15, -0.1) is 0 Å². The molecule has 3 aromatic rings. The van der Waals surface area contributed by atoms with Crippen molar-refractivity contribution in [1.29, 1.82) is 0 Å². The van der Waals surface area contributed by atoms with Gasteiger partial charge in [0.05, 0.1) is 5.52 Å². The van der Waals surface area contributed by atoms with E-state index in [-0.39, 0.29) is 5.82 Å². The molecule has 3 rings (SSSR count). The number of nitrogens with two attached hydrogens (primary N) is 1. The first-order valence-electron chi connectivity index (χ1n) is 5.62. The molecule has 3 nitrogen and oxygen atoms in total. The summed E-state index contributed by atoms with van der Waals surface area (Å²) in [5.41, 5.74) is 7.09. The molecule has 0 radical (unpaired) electrons. The maximum atomic E-state index is 13.2. The molecule has 1 aromatic heterocycles. The van der Waals surface area contributed by atoms with E-state index in [4.69, 9.17) is 17.3 Å². The normalized spacial score (nSPS) is 10.8. The van der Waals surface area contributed by atoms with Crippen molar-refractivity contribution in [2.75, 3.05) is 5.73 Å². The fourth-order valence-corrected chi connectivity index (χ4v) is 2.07. The molecule has 0 saturated heterocycles. The van der Waals surface area contributed by atoms with Crippen molar-refractivity contribution in [3.63, 3.8) is 0 Å². The minimum Gasteiger partial charge on any atom is -0.383 e. The van der Waals surface area contributed by atoms with Crippen molar-refractivity contribution in [3.8, 4) is 11.4 Å². The third-order valence-electron chi connectivity index (χ3n) is 2.77. The summed E-state index contributed by atoms with van der Waals surface area (Å²) in [5, 5.41) is 1.21. The lowest BCUT2D eigenvalue weighted by molar-refractivity contribution is 0.629. The predicted molar refractivity (Wildman–Crippen MR) is 74.4 cm³/mol. The van der Waals surface area contributed by atoms with Crippen molar-refractivity contribution in [3.05, 3.63) is 53.3 Å². The number of hydrogen-bond donors (Lipinski definition) is 1. The second-order valence-electron chi connectivity index (χ2n) is 4.10. The second-order valence-corrected chi connectivity index (χ2v) is 4.54. The Morgan fingerprint density at radius 3 is 2.68 bits per heavy atom. The molecule has 2 aromatic carbocycles. The van der Waals surface area contributed by atoms with E-state index in [1.165, 1.54) is 12.1 Å². The monoisotopic (exact) mass is 273 g/mol. The van der Waals surface area contributed by atoms with Crippen LogP contribution >= 0.6 is 11.6 Å². The minimum absolute atomic E-state index is 0.319. The Balaban J connectivity index is 2.25. The highest BCUT2D eigenvalue weighted by molar-refractivity contribution is 6.30. The van der Waals surface area contributed by atoms with E-state index >= 15 is 0 Å². The van der Waals surface area contributed by atoms with Crippen LogP contribution in [0.15, 0.2) is 42.5 Å². The maximum absolute atomic E-state index is 13.2. The van der Waals surface area contributed by atoms with Crippen LogP contribution in [-0.4, -0.2) is 9.97 Å². The number of aromatic nitrogens is 2. The maximum Gasteiger partial charge on any atom is 0.162 e. The highest BCUT2D eigenvalue weighted by Crippen LogP contribution is 2.25. The quantitative estimate of drug-likeness (QED) is 0.736. The van der Waals surface area contributed by atoms with Gasteiger partial charge in [-0.1, -0.05) is 23.7 Å². The van der Waals surface area contributed by atoms with E-state index in [0.29, 0.717) is 27.6 Å². The third-order valence-corrected chi connectivity index (χ3v) is 3.01. The lowest BCUT2D eigenvalue weighted by Gasteiger charge is -2.06. The molecule has 1 heterocycles. The number of rotatable bonds is 1. The topological polar surface area (TPSA) is 51.8 Å². The molecule has 19 heavy (non-hydrogen) atoms. The number of hydrogen-bond acceptors (Lipinski definition) is 3. The molecule has 0 atom stereocenters. The first-order valence-corrected chi connectivity index (χ1v) is 6.00. The molecule has 0 amide bonds. The summed E-state index contributed by atoms with van der Waals surface area (Å²) >= 11 is 5.93. The lowest BCUT2D eigenvalue weighted by atomic mass is 10.2. The van der Waals surface area contributed by atoms with Gasteiger partial charge in [-0.05, 0) is 24.3 Å². The lowest BCUT2D eigenvalue weighted by Crippen LogP contribution is -1.98. The van der Waals surface area contributed by atoms with Gasteiger partial charge in [0.25, 0.3) is 0 Å². The van der Waals surface area contributed by atoms with Crippen LogP contribution in [0.2, 0.25) is 5.02 Å². The van der Waals surface area contributed by atoms with Crippen molar-refractivity contribution in [2.45, 2.75) is 0 Å². The highest BCUT2D eigenvalue weighted by atomic mass is 35.5. The van der Waals surface area contributed by atoms with Crippen LogP contribution < -0.4 is 5.73 Å². The number of benzene rings is 2. The molecule has 0 aliphatic heterocycles. The SMILES string of the molecule is Nc1nc(-c2cccc(Cl)c2)nc2cc(F)ccc12. The Hall–Kier alpha value is -2.20. The average molecular weight is 274 g/mol. The first-order chi connectivity index (χ1) is 9.13. The molecule has 94 valence electrons. The van der Waals surface area contributed by atoms with Gasteiger partial charge in [-0.25, -0.2) is 14.4 Å². The fraction of sp³-hybridized carbons (Fsp3) is 0. The summed E-state index contributed by atoms with van der Waals surface area (Å²) < 4.78 is 13.2. The molecule has 0 spiro atoms. The molecular formula is C14H9ClFN3. The van der Waals surface area contributed by atoms with Gasteiger partial charge >= 0.3 is 0 Å². The van der Waals surface area contributed by atoms with Gasteiger partial charge in [0.15, 0.2) is 5.82 Å². The Kier molecular flexibility index (Phi) is 2.80. The van der Waals surface area contributed by atoms with Crippen LogP contribution in [0.4, 0.5) is 10.2 Å². The Morgan fingerprint density at radius 1 is 1.05 bits per heavy atom. The largest absolute Gasteiger partial charge is 0.383 e. The van der Waals surface area contributed by atoms with Crippen molar-refractivity contribution in [1.82, 2.24) is 9.97 Å². The third kappa shape index (κ3) is 2.22. The smallest absolute Gasteiger partial charge is 0.162 e. The van der Waals surface area contributed by atoms with Gasteiger partial charge in [-0.3, -0.25) is 0 Å². The van der Waals surface area contributed by atoms with Crippen LogP contribution in [0.5, 0.6) is 0 Å². The first kappa shape index (κ1) is 11.9. The Morgan fingerprint density at radius 2 is 1.89 bits per heavy atom. The van der Waals surface area contributed by atoms with Gasteiger partial charge < -0.3 is 5.73 Å². The zero-order valence-corrected chi connectivity index (χ0v) is 10.5. The summed E-state index contributed by atoms with van der Waals surface area (Å²) in [4.78, 5) is 8.55. The van der Waals surface area contributed by atoms with Crippen LogP contribution in [0.3, 0.4) is 0 Å². The summed E-state index contributed by atoms with van der Waals surface area (Å²) in [6, 6.07) is 11.4. The summed E-state index contributed by atoms with van der Waals surface area (Å²) in [7, 11) is 0. The van der Waals surface area contributed by atoms with Crippen molar-refractivity contribution in [2.24, 2.45) is 0 Å². The highest BCUT2D eigenvalue weighted by Gasteiger charge is 2.08. The molecule has 0 fully saturated rings. The van der Waals surface area contributed by atoms with E-state index in [9.17, 15) is 4.39 Å². The number of nitrogens with zero attached hydrogens (tertiary/aromatic N) is 2. The molecular weight excluding hydrogens is 265 g/mol. The zero-order valence-electron chi connectivity index (χ0n) is 9.77. The van der Waals surface area contributed by atoms with Crippen LogP contribution in [0, 0.1) is 5.82 Å². The van der Waals surface area contributed by atoms with E-state index < -0.39 is 0 Å². The standard InChI is InChI=1S/C14H9ClFN3/c15-9-3-1-2-8(6-9)14-18-12-7-10(16)4-5-11(12)13(17)19-14/h1-7H,(H2,17,18,19). The molecule has 0 aliphatic rings. The Bertz CT molecular complexity index is 774. The fourth-order valence-electron chi connectivity index (χ4n) is 1.88. The van der Waals surface area contributed by atoms with E-state index in [1.807, 2.05) is 6.07 Å². The zero-order chi connectivity index (χ0) is 13.4. The molecule has 0 unspecified atom stereocenters. The van der Waals surface area contributed by atoms with Crippen molar-refractivity contribution >= 4 is 28.3 Å². The molecule has 0 aliphatic carbocycles. The predicted octanol–water partition coefficient (Wildman–Crippen LogP) is 3.67. The second kappa shape index (κ2) is 4.48. The van der Waals surface area contributed by atoms with Gasteiger partial charge in [-0.2, -0.15) is 0 Å². The van der Waals surface area contributed by atoms with E-state index in [1.54, 1.807) is 24.3 Å². The number of halogens is 2. The van der Waals surface area contributed by atoms with E-state index in [2.05, 4.69) is 9.97 Å². The minimum atomic E-state index is -0.359. The molecule has 0 bridgehead atoms. The summed E-state index contributed by atoms with van der Waals surface area (Å²) in [6.07, 6.45) is 0. The van der Waals surface area contributed by atoms with Crippen LogP contribution in [0.25, 0.3) is 22.3 Å². The van der Waals surface area contributed by atoms with E-state index in [0.717, 1.165) is 5.56 Å². The molecule has 5 heteroatoms. The van der Waals surface area contributed by atoms with Crippen LogP contribution in [-0.2, 0) is 0 Å². The summed E-state index contributed by atoms with van der Waals surface area (Å²) in [6.45, 7) is 0. The number of anilines is 1. The number of fused-ring (bicyclic) bond motifs is 1. The van der Waals surface area contributed by atoms with Crippen LogP contribution in [0.1, 0.15) is 0 Å². The van der Waals surface area contributed by atoms with Gasteiger partial charge in [0.2, 0.25) is 0 Å². The Labute approximate surface area is 113 Å². The van der Waals surface area contributed by atoms with Gasteiger partial charge in [0.1, 0.15) is 11.6 Å². The molecule has 2 N–H and O–H groups in total.